The van der Waals surface area contributed by atoms with Crippen molar-refractivity contribution in [2.75, 3.05) is 5.32 Å². The average molecular weight is 389 g/mol. The molecule has 0 unspecified atom stereocenters. The topological polar surface area (TPSA) is 64.1 Å². The molecule has 0 saturated heterocycles. The maximum Gasteiger partial charge on any atom is 0.418 e. The van der Waals surface area contributed by atoms with E-state index < -0.39 is 23.8 Å². The number of esters is 1. The molecule has 0 spiro atoms. The number of halogens is 3. The molecule has 0 bridgehead atoms. The van der Waals surface area contributed by atoms with Crippen LogP contribution in [0.25, 0.3) is 11.0 Å². The monoisotopic (exact) mass is 389 g/mol. The average Bonchev–Trinajstić information content (AvgIpc) is 2.60. The third-order valence-electron chi connectivity index (χ3n) is 3.92. The molecule has 146 valence electrons. The van der Waals surface area contributed by atoms with Crippen LogP contribution < -0.4 is 5.32 Å². The molecule has 3 rings (SSSR count). The van der Waals surface area contributed by atoms with E-state index in [1.54, 1.807) is 32.9 Å². The summed E-state index contributed by atoms with van der Waals surface area (Å²) in [5, 5.41) is 3.18. The number of nitrogens with zero attached hydrogens (tertiary/aromatic N) is 2. The maximum absolute atomic E-state index is 13.4. The minimum absolute atomic E-state index is 0.0313. The molecular formula is C20H18F3N3O2. The summed E-state index contributed by atoms with van der Waals surface area (Å²) in [5.41, 5.74) is 0.181. The van der Waals surface area contributed by atoms with Crippen LogP contribution in [-0.2, 0) is 10.9 Å². The van der Waals surface area contributed by atoms with E-state index >= 15 is 0 Å². The molecule has 3 aromatic rings. The summed E-state index contributed by atoms with van der Waals surface area (Å²) >= 11 is 0. The third-order valence-corrected chi connectivity index (χ3v) is 3.92. The number of benzene rings is 1. The van der Waals surface area contributed by atoms with Crippen molar-refractivity contribution in [3.63, 3.8) is 0 Å². The number of ether oxygens (including phenoxy) is 1. The number of nitrogens with one attached hydrogen (secondary N) is 1. The van der Waals surface area contributed by atoms with Gasteiger partial charge >= 0.3 is 12.1 Å². The Labute approximate surface area is 159 Å². The number of carbonyl (C=O) groups excluding carboxylic acids is 1. The van der Waals surface area contributed by atoms with Crippen LogP contribution in [0, 0.1) is 6.92 Å². The lowest BCUT2D eigenvalue weighted by molar-refractivity contribution is -0.136. The van der Waals surface area contributed by atoms with Gasteiger partial charge in [0.2, 0.25) is 0 Å². The number of carbonyl (C=O) groups is 1. The van der Waals surface area contributed by atoms with Crippen molar-refractivity contribution in [1.29, 1.82) is 0 Å². The van der Waals surface area contributed by atoms with E-state index in [1.165, 1.54) is 24.4 Å². The summed E-state index contributed by atoms with van der Waals surface area (Å²) in [4.78, 5) is 21.0. The number of aryl methyl sites for hydroxylation is 1. The Balaban J connectivity index is 2.19. The predicted octanol–water partition coefficient (Wildman–Crippen LogP) is 5.27. The minimum atomic E-state index is -4.56. The Morgan fingerprint density at radius 3 is 2.54 bits per heavy atom. The second-order valence-electron chi connectivity index (χ2n) is 6.49. The molecule has 2 heterocycles. The first kappa shape index (κ1) is 19.6. The number of anilines is 2. The van der Waals surface area contributed by atoms with Crippen LogP contribution in [-0.4, -0.2) is 22.0 Å². The number of fused-ring (bicyclic) bond motifs is 1. The van der Waals surface area contributed by atoms with Crippen molar-refractivity contribution >= 4 is 28.4 Å². The van der Waals surface area contributed by atoms with Crippen molar-refractivity contribution < 1.29 is 22.7 Å². The van der Waals surface area contributed by atoms with E-state index in [0.717, 1.165) is 6.07 Å². The summed E-state index contributed by atoms with van der Waals surface area (Å²) in [5.74, 6) is -0.683. The number of para-hydroxylation sites is 1. The standard InChI is InChI=1S/C20H18F3N3O2/c1-11(2)28-19(27)14-10-24-18-13(9-8-12(3)25-18)17(14)26-16-7-5-4-6-15(16)20(21,22)23/h4-11H,1-3H3,(H,24,25,26). The molecule has 0 amide bonds. The number of pyridine rings is 2. The lowest BCUT2D eigenvalue weighted by Gasteiger charge is -2.18. The fraction of sp³-hybridized carbons (Fsp3) is 0.250. The Bertz CT molecular complexity index is 1030. The number of hydrogen-bond donors (Lipinski definition) is 1. The zero-order valence-electron chi connectivity index (χ0n) is 15.5. The van der Waals surface area contributed by atoms with Gasteiger partial charge in [-0.1, -0.05) is 12.1 Å². The zero-order chi connectivity index (χ0) is 20.5. The normalized spacial score (nSPS) is 11.7. The molecule has 0 atom stereocenters. The van der Waals surface area contributed by atoms with Crippen LogP contribution in [0.1, 0.15) is 35.5 Å². The molecule has 1 aromatic carbocycles. The fourth-order valence-electron chi connectivity index (χ4n) is 2.71. The van der Waals surface area contributed by atoms with Gasteiger partial charge in [0.05, 0.1) is 23.0 Å². The number of rotatable bonds is 4. The van der Waals surface area contributed by atoms with Crippen LogP contribution in [0.4, 0.5) is 24.5 Å². The molecule has 8 heteroatoms. The quantitative estimate of drug-likeness (QED) is 0.616. The van der Waals surface area contributed by atoms with Crippen molar-refractivity contribution in [2.24, 2.45) is 0 Å². The summed E-state index contributed by atoms with van der Waals surface area (Å²) in [7, 11) is 0. The number of hydrogen-bond acceptors (Lipinski definition) is 5. The Morgan fingerprint density at radius 2 is 1.86 bits per heavy atom. The molecule has 1 N–H and O–H groups in total. The van der Waals surface area contributed by atoms with Crippen LogP contribution >= 0.6 is 0 Å². The Kier molecular flexibility index (Phi) is 5.22. The van der Waals surface area contributed by atoms with Gasteiger partial charge in [0.1, 0.15) is 5.56 Å². The lowest BCUT2D eigenvalue weighted by atomic mass is 10.1. The van der Waals surface area contributed by atoms with Crippen molar-refractivity contribution in [2.45, 2.75) is 33.1 Å². The number of aromatic nitrogens is 2. The summed E-state index contributed by atoms with van der Waals surface area (Å²) in [6.07, 6.45) is -3.69. The molecule has 0 aliphatic rings. The first-order valence-electron chi connectivity index (χ1n) is 8.57. The van der Waals surface area contributed by atoms with Gasteiger partial charge in [0.15, 0.2) is 5.65 Å². The maximum atomic E-state index is 13.4. The van der Waals surface area contributed by atoms with Gasteiger partial charge in [-0.3, -0.25) is 0 Å². The van der Waals surface area contributed by atoms with E-state index in [9.17, 15) is 18.0 Å². The van der Waals surface area contributed by atoms with Gasteiger partial charge in [-0.25, -0.2) is 14.8 Å². The van der Waals surface area contributed by atoms with E-state index in [-0.39, 0.29) is 16.9 Å². The Hall–Kier alpha value is -3.16. The molecule has 5 nitrogen and oxygen atoms in total. The third kappa shape index (κ3) is 4.05. The largest absolute Gasteiger partial charge is 0.459 e. The minimum Gasteiger partial charge on any atom is -0.459 e. The highest BCUT2D eigenvalue weighted by atomic mass is 19.4. The van der Waals surface area contributed by atoms with Gasteiger partial charge in [-0.2, -0.15) is 13.2 Å². The number of alkyl halides is 3. The lowest BCUT2D eigenvalue weighted by Crippen LogP contribution is -2.15. The molecule has 2 aromatic heterocycles. The van der Waals surface area contributed by atoms with Crippen LogP contribution in [0.5, 0.6) is 0 Å². The van der Waals surface area contributed by atoms with Crippen molar-refractivity contribution in [1.82, 2.24) is 9.97 Å². The fourth-order valence-corrected chi connectivity index (χ4v) is 2.71. The second-order valence-corrected chi connectivity index (χ2v) is 6.49. The van der Waals surface area contributed by atoms with E-state index in [0.29, 0.717) is 16.7 Å². The van der Waals surface area contributed by atoms with Crippen molar-refractivity contribution in [3.8, 4) is 0 Å². The second kappa shape index (κ2) is 7.46. The van der Waals surface area contributed by atoms with Crippen molar-refractivity contribution in [3.05, 3.63) is 59.4 Å². The van der Waals surface area contributed by atoms with Crippen LogP contribution in [0.15, 0.2) is 42.6 Å². The molecule has 0 aliphatic carbocycles. The zero-order valence-corrected chi connectivity index (χ0v) is 15.5. The molecule has 0 fully saturated rings. The van der Waals surface area contributed by atoms with E-state index in [4.69, 9.17) is 4.74 Å². The SMILES string of the molecule is Cc1ccc2c(Nc3ccccc3C(F)(F)F)c(C(=O)OC(C)C)cnc2n1. The van der Waals surface area contributed by atoms with Gasteiger partial charge in [0.25, 0.3) is 0 Å². The van der Waals surface area contributed by atoms with E-state index in [2.05, 4.69) is 15.3 Å². The molecular weight excluding hydrogens is 371 g/mol. The van der Waals surface area contributed by atoms with E-state index in [1.807, 2.05) is 0 Å². The van der Waals surface area contributed by atoms with Crippen LogP contribution in [0.2, 0.25) is 0 Å². The van der Waals surface area contributed by atoms with Gasteiger partial charge in [-0.05, 0) is 45.0 Å². The van der Waals surface area contributed by atoms with Gasteiger partial charge < -0.3 is 10.1 Å². The van der Waals surface area contributed by atoms with Gasteiger partial charge in [-0.15, -0.1) is 0 Å². The Morgan fingerprint density at radius 1 is 1.14 bits per heavy atom. The molecule has 0 aliphatic heterocycles. The molecule has 0 saturated carbocycles. The summed E-state index contributed by atoms with van der Waals surface area (Å²) in [6, 6.07) is 8.42. The molecule has 28 heavy (non-hydrogen) atoms. The first-order chi connectivity index (χ1) is 13.2. The predicted molar refractivity (Wildman–Crippen MR) is 99.6 cm³/mol. The van der Waals surface area contributed by atoms with Crippen LogP contribution in [0.3, 0.4) is 0 Å². The van der Waals surface area contributed by atoms with Gasteiger partial charge in [0, 0.05) is 17.3 Å². The first-order valence-corrected chi connectivity index (χ1v) is 8.57. The highest BCUT2D eigenvalue weighted by molar-refractivity contribution is 6.05. The molecule has 0 radical (unpaired) electrons. The summed E-state index contributed by atoms with van der Waals surface area (Å²) < 4.78 is 45.4. The highest BCUT2D eigenvalue weighted by Crippen LogP contribution is 2.37. The summed E-state index contributed by atoms with van der Waals surface area (Å²) in [6.45, 7) is 5.14. The highest BCUT2D eigenvalue weighted by Gasteiger charge is 2.33. The smallest absolute Gasteiger partial charge is 0.418 e.